The molecule has 3 aromatic rings. The first kappa shape index (κ1) is 10.7. The van der Waals surface area contributed by atoms with Gasteiger partial charge in [0.05, 0.1) is 18.2 Å². The Hall–Kier alpha value is -2.41. The van der Waals surface area contributed by atoms with E-state index in [0.29, 0.717) is 5.69 Å². The molecule has 8 heteroatoms. The van der Waals surface area contributed by atoms with Gasteiger partial charge in [-0.2, -0.15) is 0 Å². The van der Waals surface area contributed by atoms with Crippen LogP contribution in [0.2, 0.25) is 5.15 Å². The van der Waals surface area contributed by atoms with Gasteiger partial charge in [-0.05, 0) is 12.1 Å². The van der Waals surface area contributed by atoms with E-state index in [9.17, 15) is 9.59 Å². The number of hydrogen-bond acceptors (Lipinski definition) is 4. The fourth-order valence-corrected chi connectivity index (χ4v) is 1.76. The molecule has 0 saturated carbocycles. The highest BCUT2D eigenvalue weighted by Crippen LogP contribution is 2.07. The Morgan fingerprint density at radius 2 is 2.06 bits per heavy atom. The fraction of sp³-hybridized carbons (Fsp3) is 0. The van der Waals surface area contributed by atoms with Crippen LogP contribution < -0.4 is 11.2 Å². The summed E-state index contributed by atoms with van der Waals surface area (Å²) in [5.41, 5.74) is -0.283. The van der Waals surface area contributed by atoms with E-state index in [1.807, 2.05) is 0 Å². The maximum absolute atomic E-state index is 12.1. The molecule has 3 rings (SSSR count). The highest BCUT2D eigenvalue weighted by Gasteiger charge is 2.11. The van der Waals surface area contributed by atoms with E-state index < -0.39 is 11.2 Å². The van der Waals surface area contributed by atoms with E-state index in [1.54, 1.807) is 0 Å². The minimum atomic E-state index is -0.580. The van der Waals surface area contributed by atoms with Gasteiger partial charge in [-0.15, -0.1) is 0 Å². The zero-order valence-electron chi connectivity index (χ0n) is 8.85. The number of imidazole rings is 1. The van der Waals surface area contributed by atoms with Crippen molar-refractivity contribution >= 4 is 22.8 Å². The van der Waals surface area contributed by atoms with E-state index in [0.717, 1.165) is 4.57 Å². The van der Waals surface area contributed by atoms with E-state index >= 15 is 0 Å². The third-order valence-corrected chi connectivity index (χ3v) is 2.68. The van der Waals surface area contributed by atoms with Crippen LogP contribution in [0, 0.1) is 0 Å². The summed E-state index contributed by atoms with van der Waals surface area (Å²) in [4.78, 5) is 36.8. The predicted octanol–water partition coefficient (Wildman–Crippen LogP) is 0.450. The van der Waals surface area contributed by atoms with Crippen LogP contribution in [-0.4, -0.2) is 24.5 Å². The smallest absolute Gasteiger partial charge is 0.334 e. The molecule has 0 radical (unpaired) electrons. The third kappa shape index (κ3) is 1.52. The van der Waals surface area contributed by atoms with E-state index in [2.05, 4.69) is 19.9 Å². The molecule has 3 aromatic heterocycles. The van der Waals surface area contributed by atoms with Gasteiger partial charge in [-0.25, -0.2) is 19.3 Å². The van der Waals surface area contributed by atoms with Crippen LogP contribution in [0.15, 0.2) is 34.2 Å². The standard InChI is InChI=1S/C10H6ClN5O2/c11-6-2-1-5(3-12-6)16-9(17)7-8(14-4-13-7)15-10(16)18/h1-4H,(H,13,14)(H,15,18). The molecule has 0 aliphatic heterocycles. The molecular formula is C10H6ClN5O2. The highest BCUT2D eigenvalue weighted by molar-refractivity contribution is 6.29. The Morgan fingerprint density at radius 3 is 2.78 bits per heavy atom. The van der Waals surface area contributed by atoms with Crippen LogP contribution >= 0.6 is 11.6 Å². The Labute approximate surface area is 104 Å². The average molecular weight is 264 g/mol. The summed E-state index contributed by atoms with van der Waals surface area (Å²) in [6.45, 7) is 0. The lowest BCUT2D eigenvalue weighted by atomic mass is 10.4. The lowest BCUT2D eigenvalue weighted by Gasteiger charge is -2.03. The zero-order valence-corrected chi connectivity index (χ0v) is 9.60. The minimum Gasteiger partial charge on any atom is -0.339 e. The second-order valence-corrected chi connectivity index (χ2v) is 3.92. The summed E-state index contributed by atoms with van der Waals surface area (Å²) in [7, 11) is 0. The maximum Gasteiger partial charge on any atom is 0.334 e. The fourth-order valence-electron chi connectivity index (χ4n) is 1.65. The molecule has 0 amide bonds. The molecule has 0 aliphatic rings. The van der Waals surface area contributed by atoms with E-state index in [4.69, 9.17) is 11.6 Å². The van der Waals surface area contributed by atoms with Crippen molar-refractivity contribution in [2.45, 2.75) is 0 Å². The van der Waals surface area contributed by atoms with Gasteiger partial charge in [0.25, 0.3) is 5.56 Å². The third-order valence-electron chi connectivity index (χ3n) is 2.45. The normalized spacial score (nSPS) is 10.9. The number of nitrogens with zero attached hydrogens (tertiary/aromatic N) is 3. The monoisotopic (exact) mass is 263 g/mol. The second-order valence-electron chi connectivity index (χ2n) is 3.54. The Kier molecular flexibility index (Phi) is 2.27. The molecule has 0 bridgehead atoms. The van der Waals surface area contributed by atoms with Gasteiger partial charge in [0.15, 0.2) is 5.65 Å². The summed E-state index contributed by atoms with van der Waals surface area (Å²) in [5, 5.41) is 0.283. The first-order valence-corrected chi connectivity index (χ1v) is 5.35. The Bertz CT molecular complexity index is 830. The van der Waals surface area contributed by atoms with Crippen molar-refractivity contribution in [3.63, 3.8) is 0 Å². The topological polar surface area (TPSA) is 96.4 Å². The molecule has 0 aliphatic carbocycles. The number of H-pyrrole nitrogens is 2. The van der Waals surface area contributed by atoms with Crippen molar-refractivity contribution in [3.05, 3.63) is 50.6 Å². The quantitative estimate of drug-likeness (QED) is 0.623. The zero-order chi connectivity index (χ0) is 12.7. The molecular weight excluding hydrogens is 258 g/mol. The Balaban J connectivity index is 2.38. The van der Waals surface area contributed by atoms with Crippen molar-refractivity contribution in [1.29, 1.82) is 0 Å². The molecule has 18 heavy (non-hydrogen) atoms. The molecule has 2 N–H and O–H groups in total. The number of pyridine rings is 1. The summed E-state index contributed by atoms with van der Waals surface area (Å²) in [6, 6.07) is 3.04. The van der Waals surface area contributed by atoms with Crippen LogP contribution in [0.4, 0.5) is 0 Å². The van der Waals surface area contributed by atoms with Gasteiger partial charge in [-0.1, -0.05) is 11.6 Å². The molecule has 0 atom stereocenters. The van der Waals surface area contributed by atoms with Crippen molar-refractivity contribution in [2.75, 3.05) is 0 Å². The number of halogens is 1. The summed E-state index contributed by atoms with van der Waals surface area (Å²) >= 11 is 5.66. The van der Waals surface area contributed by atoms with Gasteiger partial charge < -0.3 is 4.98 Å². The van der Waals surface area contributed by atoms with Crippen LogP contribution in [-0.2, 0) is 0 Å². The van der Waals surface area contributed by atoms with Gasteiger partial charge in [0.1, 0.15) is 10.7 Å². The highest BCUT2D eigenvalue weighted by atomic mass is 35.5. The van der Waals surface area contributed by atoms with Gasteiger partial charge >= 0.3 is 5.69 Å². The molecule has 0 spiro atoms. The van der Waals surface area contributed by atoms with Crippen molar-refractivity contribution in [2.24, 2.45) is 0 Å². The number of fused-ring (bicyclic) bond motifs is 1. The van der Waals surface area contributed by atoms with Gasteiger partial charge in [0, 0.05) is 0 Å². The van der Waals surface area contributed by atoms with Crippen molar-refractivity contribution in [1.82, 2.24) is 24.5 Å². The second kappa shape index (κ2) is 3.81. The van der Waals surface area contributed by atoms with Crippen LogP contribution in [0.25, 0.3) is 16.9 Å². The van der Waals surface area contributed by atoms with Crippen LogP contribution in [0.5, 0.6) is 0 Å². The van der Waals surface area contributed by atoms with E-state index in [-0.39, 0.29) is 16.3 Å². The first-order valence-electron chi connectivity index (χ1n) is 4.97. The van der Waals surface area contributed by atoms with Crippen LogP contribution in [0.1, 0.15) is 0 Å². The van der Waals surface area contributed by atoms with Crippen molar-refractivity contribution in [3.8, 4) is 5.69 Å². The Morgan fingerprint density at radius 1 is 1.22 bits per heavy atom. The number of aromatic nitrogens is 5. The van der Waals surface area contributed by atoms with Crippen molar-refractivity contribution < 1.29 is 0 Å². The molecule has 3 heterocycles. The number of aromatic amines is 2. The lowest BCUT2D eigenvalue weighted by Crippen LogP contribution is -2.33. The van der Waals surface area contributed by atoms with Gasteiger partial charge in [0.2, 0.25) is 0 Å². The number of hydrogen-bond donors (Lipinski definition) is 2. The summed E-state index contributed by atoms with van der Waals surface area (Å²) in [6.07, 6.45) is 2.69. The SMILES string of the molecule is O=c1[nH]c2nc[nH]c2c(=O)n1-c1ccc(Cl)nc1. The lowest BCUT2D eigenvalue weighted by molar-refractivity contribution is 0.890. The minimum absolute atomic E-state index is 0.225. The maximum atomic E-state index is 12.1. The number of rotatable bonds is 1. The molecule has 0 unspecified atom stereocenters. The largest absolute Gasteiger partial charge is 0.339 e. The first-order chi connectivity index (χ1) is 8.66. The van der Waals surface area contributed by atoms with Gasteiger partial charge in [-0.3, -0.25) is 9.78 Å². The molecule has 0 aromatic carbocycles. The molecule has 0 fully saturated rings. The molecule has 7 nitrogen and oxygen atoms in total. The predicted molar refractivity (Wildman–Crippen MR) is 65.1 cm³/mol. The molecule has 0 saturated heterocycles. The van der Waals surface area contributed by atoms with E-state index in [1.165, 1.54) is 24.7 Å². The summed E-state index contributed by atoms with van der Waals surface area (Å²) in [5.74, 6) is 0. The number of nitrogens with one attached hydrogen (secondary N) is 2. The molecule has 90 valence electrons. The van der Waals surface area contributed by atoms with Crippen LogP contribution in [0.3, 0.4) is 0 Å². The average Bonchev–Trinajstić information content (AvgIpc) is 2.80. The summed E-state index contributed by atoms with van der Waals surface area (Å²) < 4.78 is 0.962.